The minimum absolute atomic E-state index is 0.286. The second kappa shape index (κ2) is 6.19. The summed E-state index contributed by atoms with van der Waals surface area (Å²) >= 11 is 7.83. The Labute approximate surface area is 134 Å². The van der Waals surface area contributed by atoms with E-state index in [1.807, 2.05) is 24.3 Å². The number of rotatable bonds is 8. The van der Waals surface area contributed by atoms with Gasteiger partial charge in [-0.15, -0.1) is 0 Å². The molecule has 1 atom stereocenters. The molecule has 0 radical (unpaired) electrons. The SMILES string of the molecule is O=C(O)C(CSCc1ccccc1Cl)(NC1CC1)C1CC1. The Morgan fingerprint density at radius 2 is 2.05 bits per heavy atom. The van der Waals surface area contributed by atoms with Crippen LogP contribution in [0.1, 0.15) is 31.2 Å². The van der Waals surface area contributed by atoms with Crippen molar-refractivity contribution in [3.05, 3.63) is 34.9 Å². The van der Waals surface area contributed by atoms with Gasteiger partial charge in [0.25, 0.3) is 0 Å². The molecule has 0 saturated heterocycles. The largest absolute Gasteiger partial charge is 0.480 e. The fourth-order valence-corrected chi connectivity index (χ4v) is 4.30. The van der Waals surface area contributed by atoms with Crippen LogP contribution in [0.5, 0.6) is 0 Å². The minimum Gasteiger partial charge on any atom is -0.480 e. The van der Waals surface area contributed by atoms with Crippen LogP contribution in [0.4, 0.5) is 0 Å². The van der Waals surface area contributed by atoms with Crippen molar-refractivity contribution >= 4 is 29.3 Å². The third-order valence-electron chi connectivity index (χ3n) is 4.24. The summed E-state index contributed by atoms with van der Waals surface area (Å²) in [6.07, 6.45) is 4.27. The number of carbonyl (C=O) groups is 1. The van der Waals surface area contributed by atoms with Crippen molar-refractivity contribution < 1.29 is 9.90 Å². The van der Waals surface area contributed by atoms with Gasteiger partial charge < -0.3 is 5.11 Å². The summed E-state index contributed by atoms with van der Waals surface area (Å²) in [5.74, 6) is 0.959. The predicted molar refractivity (Wildman–Crippen MR) is 86.9 cm³/mol. The first kappa shape index (κ1) is 15.2. The average Bonchev–Trinajstić information content (AvgIpc) is 3.33. The van der Waals surface area contributed by atoms with Crippen molar-refractivity contribution in [2.45, 2.75) is 43.0 Å². The molecule has 21 heavy (non-hydrogen) atoms. The second-order valence-corrected chi connectivity index (χ2v) is 7.45. The summed E-state index contributed by atoms with van der Waals surface area (Å²) in [5, 5.41) is 13.9. The van der Waals surface area contributed by atoms with E-state index in [2.05, 4.69) is 5.32 Å². The first-order valence-corrected chi connectivity index (χ1v) is 8.97. The summed E-state index contributed by atoms with van der Waals surface area (Å²) in [6.45, 7) is 0. The summed E-state index contributed by atoms with van der Waals surface area (Å²) in [5.41, 5.74) is 0.332. The molecule has 0 amide bonds. The van der Waals surface area contributed by atoms with Crippen LogP contribution in [-0.4, -0.2) is 28.4 Å². The maximum atomic E-state index is 11.9. The zero-order valence-electron chi connectivity index (χ0n) is 11.8. The van der Waals surface area contributed by atoms with E-state index in [-0.39, 0.29) is 5.92 Å². The fraction of sp³-hybridized carbons (Fsp3) is 0.562. The van der Waals surface area contributed by atoms with E-state index in [0.717, 1.165) is 42.0 Å². The summed E-state index contributed by atoms with van der Waals surface area (Å²) in [6, 6.07) is 8.17. The average molecular weight is 326 g/mol. The Balaban J connectivity index is 1.64. The van der Waals surface area contributed by atoms with Crippen molar-refractivity contribution in [3.63, 3.8) is 0 Å². The van der Waals surface area contributed by atoms with Gasteiger partial charge in [0.1, 0.15) is 5.54 Å². The van der Waals surface area contributed by atoms with Gasteiger partial charge in [-0.25, -0.2) is 0 Å². The third-order valence-corrected chi connectivity index (χ3v) is 5.78. The summed E-state index contributed by atoms with van der Waals surface area (Å²) < 4.78 is 0. The number of halogens is 1. The van der Waals surface area contributed by atoms with E-state index in [0.29, 0.717) is 11.8 Å². The number of carboxylic acid groups (broad SMARTS) is 1. The smallest absolute Gasteiger partial charge is 0.325 e. The molecule has 0 aliphatic heterocycles. The lowest BCUT2D eigenvalue weighted by Gasteiger charge is -2.31. The van der Waals surface area contributed by atoms with Crippen LogP contribution >= 0.6 is 23.4 Å². The highest BCUT2D eigenvalue weighted by atomic mass is 35.5. The molecule has 1 aromatic rings. The topological polar surface area (TPSA) is 49.3 Å². The Hall–Kier alpha value is -0.710. The molecule has 0 heterocycles. The first-order valence-electron chi connectivity index (χ1n) is 7.44. The van der Waals surface area contributed by atoms with Gasteiger partial charge in [-0.05, 0) is 43.2 Å². The van der Waals surface area contributed by atoms with Gasteiger partial charge in [0, 0.05) is 22.6 Å². The minimum atomic E-state index is -0.743. The second-order valence-electron chi connectivity index (χ2n) is 6.05. The summed E-state index contributed by atoms with van der Waals surface area (Å²) in [7, 11) is 0. The van der Waals surface area contributed by atoms with Crippen molar-refractivity contribution in [3.8, 4) is 0 Å². The van der Waals surface area contributed by atoms with Crippen molar-refractivity contribution in [2.24, 2.45) is 5.92 Å². The van der Waals surface area contributed by atoms with Gasteiger partial charge in [0.05, 0.1) is 0 Å². The zero-order chi connectivity index (χ0) is 14.9. The first-order chi connectivity index (χ1) is 10.1. The van der Waals surface area contributed by atoms with Crippen LogP contribution in [0, 0.1) is 5.92 Å². The fourth-order valence-electron chi connectivity index (χ4n) is 2.68. The molecule has 2 N–H and O–H groups in total. The molecule has 2 aliphatic rings. The molecule has 0 spiro atoms. The van der Waals surface area contributed by atoms with Crippen molar-refractivity contribution in [1.29, 1.82) is 0 Å². The lowest BCUT2D eigenvalue weighted by molar-refractivity contribution is -0.145. The van der Waals surface area contributed by atoms with Gasteiger partial charge in [0.15, 0.2) is 0 Å². The van der Waals surface area contributed by atoms with Crippen molar-refractivity contribution in [2.75, 3.05) is 5.75 Å². The standard InChI is InChI=1S/C16H20ClNO2S/c17-14-4-2-1-3-11(14)9-21-10-16(15(19)20,12-5-6-12)18-13-7-8-13/h1-4,12-13,18H,5-10H2,(H,19,20). The van der Waals surface area contributed by atoms with E-state index in [1.54, 1.807) is 11.8 Å². The van der Waals surface area contributed by atoms with Gasteiger partial charge in [-0.2, -0.15) is 11.8 Å². The van der Waals surface area contributed by atoms with Crippen LogP contribution < -0.4 is 5.32 Å². The van der Waals surface area contributed by atoms with Gasteiger partial charge in [-0.3, -0.25) is 10.1 Å². The molecule has 0 bridgehead atoms. The number of thioether (sulfide) groups is 1. The quantitative estimate of drug-likeness (QED) is 0.767. The maximum Gasteiger partial charge on any atom is 0.325 e. The van der Waals surface area contributed by atoms with Crippen LogP contribution in [0.2, 0.25) is 5.02 Å². The molecule has 3 rings (SSSR count). The van der Waals surface area contributed by atoms with Crippen LogP contribution in [0.25, 0.3) is 0 Å². The molecule has 1 unspecified atom stereocenters. The lowest BCUT2D eigenvalue weighted by Crippen LogP contribution is -2.57. The zero-order valence-corrected chi connectivity index (χ0v) is 13.4. The number of aliphatic carboxylic acids is 1. The Morgan fingerprint density at radius 3 is 2.62 bits per heavy atom. The van der Waals surface area contributed by atoms with E-state index >= 15 is 0 Å². The van der Waals surface area contributed by atoms with E-state index < -0.39 is 11.5 Å². The Bertz CT molecular complexity index is 531. The van der Waals surface area contributed by atoms with Crippen LogP contribution in [0.15, 0.2) is 24.3 Å². The number of hydrogen-bond donors (Lipinski definition) is 2. The summed E-state index contributed by atoms with van der Waals surface area (Å²) in [4.78, 5) is 11.9. The van der Waals surface area contributed by atoms with Gasteiger partial charge in [-0.1, -0.05) is 29.8 Å². The number of hydrogen-bond acceptors (Lipinski definition) is 3. The highest BCUT2D eigenvalue weighted by Crippen LogP contribution is 2.43. The molecule has 1 aromatic carbocycles. The molecule has 114 valence electrons. The molecular formula is C16H20ClNO2S. The molecular weight excluding hydrogens is 306 g/mol. The van der Waals surface area contributed by atoms with E-state index in [1.165, 1.54) is 0 Å². The van der Waals surface area contributed by atoms with Crippen LogP contribution in [-0.2, 0) is 10.5 Å². The highest BCUT2D eigenvalue weighted by Gasteiger charge is 2.53. The van der Waals surface area contributed by atoms with Gasteiger partial charge >= 0.3 is 5.97 Å². The van der Waals surface area contributed by atoms with Crippen molar-refractivity contribution in [1.82, 2.24) is 5.32 Å². The van der Waals surface area contributed by atoms with E-state index in [4.69, 9.17) is 11.6 Å². The monoisotopic (exact) mass is 325 g/mol. The molecule has 2 fully saturated rings. The normalized spacial score (nSPS) is 21.0. The van der Waals surface area contributed by atoms with E-state index in [9.17, 15) is 9.90 Å². The molecule has 0 aromatic heterocycles. The molecule has 2 aliphatic carbocycles. The molecule has 2 saturated carbocycles. The maximum absolute atomic E-state index is 11.9. The molecule has 5 heteroatoms. The molecule has 3 nitrogen and oxygen atoms in total. The Kier molecular flexibility index (Phi) is 4.48. The number of nitrogens with one attached hydrogen (secondary N) is 1. The predicted octanol–water partition coefficient (Wildman–Crippen LogP) is 3.56. The Morgan fingerprint density at radius 1 is 1.33 bits per heavy atom. The van der Waals surface area contributed by atoms with Crippen LogP contribution in [0.3, 0.4) is 0 Å². The lowest BCUT2D eigenvalue weighted by atomic mass is 9.95. The third kappa shape index (κ3) is 3.55. The van der Waals surface area contributed by atoms with Gasteiger partial charge in [0.2, 0.25) is 0 Å². The highest BCUT2D eigenvalue weighted by molar-refractivity contribution is 7.98. The number of benzene rings is 1. The number of carboxylic acids is 1.